The SMILES string of the molecule is CCC1CC(C(=N)OO)c2cc(F)ccc2O1. The normalized spacial score (nSPS) is 22.5. The fourth-order valence-corrected chi connectivity index (χ4v) is 2.08. The second-order valence-corrected chi connectivity index (χ2v) is 4.07. The Hall–Kier alpha value is -1.62. The summed E-state index contributed by atoms with van der Waals surface area (Å²) in [6.07, 6.45) is 1.24. The van der Waals surface area contributed by atoms with Crippen molar-refractivity contribution in [2.75, 3.05) is 0 Å². The van der Waals surface area contributed by atoms with Crippen LogP contribution in [-0.2, 0) is 4.89 Å². The van der Waals surface area contributed by atoms with Gasteiger partial charge < -0.3 is 9.62 Å². The van der Waals surface area contributed by atoms with Gasteiger partial charge in [-0.25, -0.2) is 9.65 Å². The molecule has 0 aromatic heterocycles. The predicted molar refractivity (Wildman–Crippen MR) is 59.9 cm³/mol. The summed E-state index contributed by atoms with van der Waals surface area (Å²) in [6.45, 7) is 1.97. The highest BCUT2D eigenvalue weighted by Gasteiger charge is 2.32. The third-order valence-corrected chi connectivity index (χ3v) is 3.01. The second-order valence-electron chi connectivity index (χ2n) is 4.07. The molecular formula is C12H14FNO3. The van der Waals surface area contributed by atoms with Crippen molar-refractivity contribution in [3.8, 4) is 5.75 Å². The molecule has 2 unspecified atom stereocenters. The number of ether oxygens (including phenoxy) is 1. The van der Waals surface area contributed by atoms with Crippen molar-refractivity contribution >= 4 is 5.90 Å². The Balaban J connectivity index is 2.40. The van der Waals surface area contributed by atoms with Crippen LogP contribution in [0.5, 0.6) is 5.75 Å². The lowest BCUT2D eigenvalue weighted by atomic mass is 9.89. The number of hydrogen-bond donors (Lipinski definition) is 2. The molecule has 92 valence electrons. The van der Waals surface area contributed by atoms with Crippen LogP contribution in [0.2, 0.25) is 0 Å². The molecule has 0 bridgehead atoms. The molecule has 1 aromatic rings. The summed E-state index contributed by atoms with van der Waals surface area (Å²) in [7, 11) is 0. The van der Waals surface area contributed by atoms with E-state index in [2.05, 4.69) is 4.89 Å². The molecule has 0 saturated carbocycles. The Labute approximate surface area is 98.4 Å². The Morgan fingerprint density at radius 1 is 1.65 bits per heavy atom. The van der Waals surface area contributed by atoms with Crippen LogP contribution in [0.25, 0.3) is 0 Å². The Kier molecular flexibility index (Phi) is 3.28. The summed E-state index contributed by atoms with van der Waals surface area (Å²) >= 11 is 0. The van der Waals surface area contributed by atoms with Gasteiger partial charge in [-0.15, -0.1) is 0 Å². The summed E-state index contributed by atoms with van der Waals surface area (Å²) in [5.74, 6) is -0.572. The molecule has 5 heteroatoms. The number of benzene rings is 1. The van der Waals surface area contributed by atoms with Gasteiger partial charge in [0.1, 0.15) is 11.6 Å². The number of rotatable bonds is 2. The summed E-state index contributed by atoms with van der Waals surface area (Å²) in [6, 6.07) is 4.18. The topological polar surface area (TPSA) is 62.5 Å². The number of nitrogens with one attached hydrogen (secondary N) is 1. The minimum absolute atomic E-state index is 0.0477. The van der Waals surface area contributed by atoms with Gasteiger partial charge in [-0.3, -0.25) is 5.41 Å². The average molecular weight is 239 g/mol. The van der Waals surface area contributed by atoms with Gasteiger partial charge >= 0.3 is 0 Å². The van der Waals surface area contributed by atoms with Crippen molar-refractivity contribution in [2.45, 2.75) is 31.8 Å². The van der Waals surface area contributed by atoms with E-state index in [9.17, 15) is 4.39 Å². The average Bonchev–Trinajstić information content (AvgIpc) is 2.36. The molecule has 0 aliphatic carbocycles. The molecule has 0 radical (unpaired) electrons. The smallest absolute Gasteiger partial charge is 0.232 e. The Morgan fingerprint density at radius 3 is 3.06 bits per heavy atom. The maximum Gasteiger partial charge on any atom is 0.232 e. The van der Waals surface area contributed by atoms with Gasteiger partial charge in [-0.2, -0.15) is 0 Å². The van der Waals surface area contributed by atoms with Crippen LogP contribution in [0.3, 0.4) is 0 Å². The zero-order valence-corrected chi connectivity index (χ0v) is 9.44. The first-order valence-electron chi connectivity index (χ1n) is 5.51. The van der Waals surface area contributed by atoms with Crippen molar-refractivity contribution in [3.63, 3.8) is 0 Å². The molecule has 2 N–H and O–H groups in total. The monoisotopic (exact) mass is 239 g/mol. The Bertz CT molecular complexity index is 436. The summed E-state index contributed by atoms with van der Waals surface area (Å²) in [5.41, 5.74) is 0.550. The molecule has 2 atom stereocenters. The van der Waals surface area contributed by atoms with Crippen molar-refractivity contribution in [2.24, 2.45) is 0 Å². The van der Waals surface area contributed by atoms with Gasteiger partial charge in [-0.1, -0.05) is 6.92 Å². The zero-order chi connectivity index (χ0) is 12.4. The van der Waals surface area contributed by atoms with E-state index < -0.39 is 11.7 Å². The minimum Gasteiger partial charge on any atom is -0.490 e. The lowest BCUT2D eigenvalue weighted by Crippen LogP contribution is -2.29. The van der Waals surface area contributed by atoms with E-state index in [1.807, 2.05) is 6.92 Å². The third kappa shape index (κ3) is 2.24. The molecule has 1 aliphatic rings. The van der Waals surface area contributed by atoms with E-state index in [1.54, 1.807) is 6.07 Å². The van der Waals surface area contributed by atoms with E-state index in [0.29, 0.717) is 17.7 Å². The van der Waals surface area contributed by atoms with Gasteiger partial charge in [0.05, 0.1) is 12.0 Å². The predicted octanol–water partition coefficient (Wildman–Crippen LogP) is 2.94. The van der Waals surface area contributed by atoms with Crippen LogP contribution in [0.1, 0.15) is 31.2 Å². The molecule has 1 aliphatic heterocycles. The van der Waals surface area contributed by atoms with E-state index in [1.165, 1.54) is 12.1 Å². The molecule has 1 aromatic carbocycles. The van der Waals surface area contributed by atoms with Crippen molar-refractivity contribution in [1.29, 1.82) is 5.41 Å². The molecule has 1 heterocycles. The van der Waals surface area contributed by atoms with Crippen LogP contribution < -0.4 is 4.74 Å². The number of halogens is 1. The molecule has 4 nitrogen and oxygen atoms in total. The fourth-order valence-electron chi connectivity index (χ4n) is 2.08. The lowest BCUT2D eigenvalue weighted by molar-refractivity contribution is -0.160. The third-order valence-electron chi connectivity index (χ3n) is 3.01. The molecule has 17 heavy (non-hydrogen) atoms. The highest BCUT2D eigenvalue weighted by molar-refractivity contribution is 5.81. The van der Waals surface area contributed by atoms with Crippen LogP contribution in [-0.4, -0.2) is 17.3 Å². The van der Waals surface area contributed by atoms with Crippen LogP contribution in [0.4, 0.5) is 4.39 Å². The first kappa shape index (κ1) is 11.9. The first-order chi connectivity index (χ1) is 8.15. The summed E-state index contributed by atoms with van der Waals surface area (Å²) in [4.78, 5) is 3.98. The first-order valence-corrected chi connectivity index (χ1v) is 5.51. The maximum absolute atomic E-state index is 13.2. The van der Waals surface area contributed by atoms with E-state index >= 15 is 0 Å². The highest BCUT2D eigenvalue weighted by atomic mass is 19.1. The van der Waals surface area contributed by atoms with Gasteiger partial charge in [0, 0.05) is 12.0 Å². The van der Waals surface area contributed by atoms with Crippen LogP contribution >= 0.6 is 0 Å². The van der Waals surface area contributed by atoms with E-state index in [0.717, 1.165) is 6.42 Å². The van der Waals surface area contributed by atoms with Crippen LogP contribution in [0.15, 0.2) is 18.2 Å². The van der Waals surface area contributed by atoms with E-state index in [4.69, 9.17) is 15.4 Å². The van der Waals surface area contributed by atoms with Gasteiger partial charge in [0.15, 0.2) is 0 Å². The molecular weight excluding hydrogens is 225 g/mol. The lowest BCUT2D eigenvalue weighted by Gasteiger charge is -2.30. The second kappa shape index (κ2) is 4.71. The van der Waals surface area contributed by atoms with Gasteiger partial charge in [0.25, 0.3) is 0 Å². The van der Waals surface area contributed by atoms with Crippen LogP contribution in [0, 0.1) is 11.2 Å². The summed E-state index contributed by atoms with van der Waals surface area (Å²) in [5, 5.41) is 16.1. The fraction of sp³-hybridized carbons (Fsp3) is 0.417. The molecule has 2 rings (SSSR count). The van der Waals surface area contributed by atoms with Crippen molar-refractivity contribution < 1.29 is 19.3 Å². The van der Waals surface area contributed by atoms with Crippen molar-refractivity contribution in [1.82, 2.24) is 0 Å². The minimum atomic E-state index is -0.454. The number of hydrogen-bond acceptors (Lipinski definition) is 4. The van der Waals surface area contributed by atoms with Gasteiger partial charge in [0.2, 0.25) is 5.90 Å². The number of fused-ring (bicyclic) bond motifs is 1. The Morgan fingerprint density at radius 2 is 2.41 bits per heavy atom. The van der Waals surface area contributed by atoms with E-state index in [-0.39, 0.29) is 12.0 Å². The van der Waals surface area contributed by atoms with Gasteiger partial charge in [-0.05, 0) is 24.6 Å². The standard InChI is InChI=1S/C12H14FNO3/c1-2-8-6-10(12(14)17-15)9-5-7(13)3-4-11(9)16-8/h3-5,8,10,14-15H,2,6H2,1H3. The molecule has 0 spiro atoms. The molecule has 0 saturated heterocycles. The zero-order valence-electron chi connectivity index (χ0n) is 9.44. The maximum atomic E-state index is 13.2. The summed E-state index contributed by atoms with van der Waals surface area (Å²) < 4.78 is 18.8. The quantitative estimate of drug-likeness (QED) is 0.361. The largest absolute Gasteiger partial charge is 0.490 e. The molecule has 0 fully saturated rings. The molecule has 0 amide bonds. The highest BCUT2D eigenvalue weighted by Crippen LogP contribution is 2.38. The van der Waals surface area contributed by atoms with Crippen molar-refractivity contribution in [3.05, 3.63) is 29.6 Å².